The van der Waals surface area contributed by atoms with Crippen LogP contribution in [0.25, 0.3) is 0 Å². The fraction of sp³-hybridized carbons (Fsp3) is 0.538. The van der Waals surface area contributed by atoms with E-state index < -0.39 is 0 Å². The van der Waals surface area contributed by atoms with E-state index >= 15 is 0 Å². The Kier molecular flexibility index (Phi) is 4.34. The molecule has 88 valence electrons. The van der Waals surface area contributed by atoms with E-state index in [-0.39, 0.29) is 12.4 Å². The first kappa shape index (κ1) is 11.6. The SMILES string of the molecule is OC1CCCCOC(c2ccccc2)OC1. The third kappa shape index (κ3) is 3.30. The summed E-state index contributed by atoms with van der Waals surface area (Å²) in [5, 5.41) is 9.62. The maximum Gasteiger partial charge on any atom is 0.183 e. The van der Waals surface area contributed by atoms with Crippen molar-refractivity contribution in [3.05, 3.63) is 35.9 Å². The molecule has 1 fully saturated rings. The van der Waals surface area contributed by atoms with Crippen LogP contribution >= 0.6 is 0 Å². The summed E-state index contributed by atoms with van der Waals surface area (Å²) in [6, 6.07) is 9.85. The molecule has 1 heterocycles. The Balaban J connectivity index is 2.01. The van der Waals surface area contributed by atoms with E-state index in [9.17, 15) is 5.11 Å². The molecule has 1 aliphatic rings. The molecule has 2 atom stereocenters. The van der Waals surface area contributed by atoms with Gasteiger partial charge in [-0.3, -0.25) is 0 Å². The van der Waals surface area contributed by atoms with Gasteiger partial charge in [-0.2, -0.15) is 0 Å². The molecule has 3 nitrogen and oxygen atoms in total. The van der Waals surface area contributed by atoms with E-state index in [0.29, 0.717) is 13.2 Å². The van der Waals surface area contributed by atoms with Crippen molar-refractivity contribution < 1.29 is 14.6 Å². The smallest absolute Gasteiger partial charge is 0.183 e. The molecule has 1 aliphatic heterocycles. The zero-order valence-electron chi connectivity index (χ0n) is 9.34. The van der Waals surface area contributed by atoms with Gasteiger partial charge in [-0.25, -0.2) is 0 Å². The van der Waals surface area contributed by atoms with E-state index in [1.54, 1.807) is 0 Å². The molecule has 0 amide bonds. The zero-order chi connectivity index (χ0) is 11.2. The lowest BCUT2D eigenvalue weighted by molar-refractivity contribution is -0.157. The van der Waals surface area contributed by atoms with Gasteiger partial charge in [0.25, 0.3) is 0 Å². The third-order valence-electron chi connectivity index (χ3n) is 2.71. The standard InChI is InChI=1S/C13H18O3/c14-12-8-4-5-9-15-13(16-10-12)11-6-2-1-3-7-11/h1-3,6-7,12-14H,4-5,8-10H2. The number of hydrogen-bond donors (Lipinski definition) is 1. The van der Waals surface area contributed by atoms with Gasteiger partial charge in [0.15, 0.2) is 6.29 Å². The van der Waals surface area contributed by atoms with Crippen molar-refractivity contribution in [1.29, 1.82) is 0 Å². The van der Waals surface area contributed by atoms with Gasteiger partial charge in [-0.05, 0) is 19.3 Å². The van der Waals surface area contributed by atoms with Crippen molar-refractivity contribution in [1.82, 2.24) is 0 Å². The second-order valence-corrected chi connectivity index (χ2v) is 4.10. The highest BCUT2D eigenvalue weighted by Crippen LogP contribution is 2.21. The van der Waals surface area contributed by atoms with Gasteiger partial charge in [0, 0.05) is 5.56 Å². The predicted octanol–water partition coefficient (Wildman–Crippen LogP) is 2.26. The van der Waals surface area contributed by atoms with Gasteiger partial charge in [0.1, 0.15) is 0 Å². The van der Waals surface area contributed by atoms with E-state index in [2.05, 4.69) is 0 Å². The van der Waals surface area contributed by atoms with Crippen molar-refractivity contribution in [2.45, 2.75) is 31.7 Å². The molecule has 16 heavy (non-hydrogen) atoms. The van der Waals surface area contributed by atoms with Crippen LogP contribution in [-0.4, -0.2) is 24.4 Å². The molecule has 0 spiro atoms. The van der Waals surface area contributed by atoms with Crippen LogP contribution < -0.4 is 0 Å². The molecule has 0 aliphatic carbocycles. The molecule has 1 N–H and O–H groups in total. The first-order chi connectivity index (χ1) is 7.86. The molecule has 0 aromatic heterocycles. The third-order valence-corrected chi connectivity index (χ3v) is 2.71. The van der Waals surface area contributed by atoms with E-state index in [4.69, 9.17) is 9.47 Å². The second-order valence-electron chi connectivity index (χ2n) is 4.10. The fourth-order valence-electron chi connectivity index (χ4n) is 1.80. The number of rotatable bonds is 1. The van der Waals surface area contributed by atoms with Gasteiger partial charge >= 0.3 is 0 Å². The summed E-state index contributed by atoms with van der Waals surface area (Å²) in [7, 11) is 0. The predicted molar refractivity (Wildman–Crippen MR) is 60.9 cm³/mol. The summed E-state index contributed by atoms with van der Waals surface area (Å²) < 4.78 is 11.3. The van der Waals surface area contributed by atoms with Gasteiger partial charge in [0.2, 0.25) is 0 Å². The van der Waals surface area contributed by atoms with Crippen LogP contribution in [0.15, 0.2) is 30.3 Å². The van der Waals surface area contributed by atoms with E-state index in [0.717, 1.165) is 24.8 Å². The summed E-state index contributed by atoms with van der Waals surface area (Å²) >= 11 is 0. The number of aliphatic hydroxyl groups is 1. The van der Waals surface area contributed by atoms with Crippen LogP contribution in [0.5, 0.6) is 0 Å². The van der Waals surface area contributed by atoms with Crippen molar-refractivity contribution in [2.24, 2.45) is 0 Å². The summed E-state index contributed by atoms with van der Waals surface area (Å²) in [6.07, 6.45) is 2.06. The minimum Gasteiger partial charge on any atom is -0.391 e. The van der Waals surface area contributed by atoms with Crippen molar-refractivity contribution >= 4 is 0 Å². The van der Waals surface area contributed by atoms with Crippen LogP contribution in [0.2, 0.25) is 0 Å². The molecule has 0 radical (unpaired) electrons. The minimum absolute atomic E-state index is 0.339. The van der Waals surface area contributed by atoms with Gasteiger partial charge in [-0.15, -0.1) is 0 Å². The Hall–Kier alpha value is -0.900. The van der Waals surface area contributed by atoms with E-state index in [1.165, 1.54) is 0 Å². The highest BCUT2D eigenvalue weighted by atomic mass is 16.7. The van der Waals surface area contributed by atoms with Crippen molar-refractivity contribution in [3.8, 4) is 0 Å². The second kappa shape index (κ2) is 5.99. The Labute approximate surface area is 96.0 Å². The molecule has 1 saturated heterocycles. The van der Waals surface area contributed by atoms with Crippen LogP contribution in [0.3, 0.4) is 0 Å². The average Bonchev–Trinajstić information content (AvgIpc) is 2.43. The maximum atomic E-state index is 9.62. The Bertz CT molecular complexity index is 299. The molecule has 3 heteroatoms. The summed E-state index contributed by atoms with van der Waals surface area (Å²) in [5.41, 5.74) is 1.01. The molecule has 2 rings (SSSR count). The lowest BCUT2D eigenvalue weighted by Crippen LogP contribution is -2.17. The van der Waals surface area contributed by atoms with Crippen molar-refractivity contribution in [2.75, 3.05) is 13.2 Å². The quantitative estimate of drug-likeness (QED) is 0.792. The highest BCUT2D eigenvalue weighted by Gasteiger charge is 2.16. The van der Waals surface area contributed by atoms with Crippen LogP contribution in [0.1, 0.15) is 31.1 Å². The first-order valence-corrected chi connectivity index (χ1v) is 5.82. The number of benzene rings is 1. The van der Waals surface area contributed by atoms with Crippen LogP contribution in [-0.2, 0) is 9.47 Å². The molecule has 2 unspecified atom stereocenters. The number of aliphatic hydroxyl groups excluding tert-OH is 1. The first-order valence-electron chi connectivity index (χ1n) is 5.82. The van der Waals surface area contributed by atoms with Crippen molar-refractivity contribution in [3.63, 3.8) is 0 Å². The van der Waals surface area contributed by atoms with E-state index in [1.807, 2.05) is 30.3 Å². The Morgan fingerprint density at radius 3 is 2.69 bits per heavy atom. The average molecular weight is 222 g/mol. The molecule has 0 bridgehead atoms. The number of ether oxygens (including phenoxy) is 2. The highest BCUT2D eigenvalue weighted by molar-refractivity contribution is 5.15. The molecule has 0 saturated carbocycles. The minimum atomic E-state index is -0.368. The molecular formula is C13H18O3. The maximum absolute atomic E-state index is 9.62. The van der Waals surface area contributed by atoms with Gasteiger partial charge in [0.05, 0.1) is 19.3 Å². The summed E-state index contributed by atoms with van der Waals surface area (Å²) in [4.78, 5) is 0. The summed E-state index contributed by atoms with van der Waals surface area (Å²) in [5.74, 6) is 0. The molecular weight excluding hydrogens is 204 g/mol. The topological polar surface area (TPSA) is 38.7 Å². The zero-order valence-corrected chi connectivity index (χ0v) is 9.34. The lowest BCUT2D eigenvalue weighted by Gasteiger charge is -2.18. The van der Waals surface area contributed by atoms with Crippen LogP contribution in [0.4, 0.5) is 0 Å². The fourth-order valence-corrected chi connectivity index (χ4v) is 1.80. The monoisotopic (exact) mass is 222 g/mol. The summed E-state index contributed by atoms with van der Waals surface area (Å²) in [6.45, 7) is 1.03. The lowest BCUT2D eigenvalue weighted by atomic mass is 10.2. The van der Waals surface area contributed by atoms with Gasteiger partial charge < -0.3 is 14.6 Å². The van der Waals surface area contributed by atoms with Gasteiger partial charge in [-0.1, -0.05) is 30.3 Å². The number of hydrogen-bond acceptors (Lipinski definition) is 3. The normalized spacial score (nSPS) is 27.8. The molecule has 1 aromatic carbocycles. The Morgan fingerprint density at radius 2 is 1.88 bits per heavy atom. The molecule has 1 aromatic rings. The Morgan fingerprint density at radius 1 is 1.06 bits per heavy atom. The largest absolute Gasteiger partial charge is 0.391 e. The van der Waals surface area contributed by atoms with Crippen LogP contribution in [0, 0.1) is 0 Å².